The van der Waals surface area contributed by atoms with Gasteiger partial charge in [-0.15, -0.1) is 0 Å². The maximum atomic E-state index is 7.00. The average Bonchev–Trinajstić information content (AvgIpc) is 1.50. The van der Waals surface area contributed by atoms with Crippen molar-refractivity contribution in [1.29, 1.82) is 0 Å². The smallest absolute Gasteiger partial charge is 0.0319 e. The highest BCUT2D eigenvalue weighted by Crippen LogP contribution is 0.755. The highest BCUT2D eigenvalue weighted by molar-refractivity contribution is 6.75. The predicted octanol–water partition coefficient (Wildman–Crippen LogP) is -1.15. The fourth-order valence-electron chi connectivity index (χ4n) is 0. The molecule has 0 saturated carbocycles. The van der Waals surface area contributed by atoms with Gasteiger partial charge in [-0.3, -0.25) is 0 Å². The van der Waals surface area contributed by atoms with Gasteiger partial charge in [-0.25, -0.2) is 0 Å². The van der Waals surface area contributed by atoms with Gasteiger partial charge < -0.3 is 5.11 Å². The highest BCUT2D eigenvalue weighted by Gasteiger charge is 1.00. The lowest BCUT2D eigenvalue weighted by molar-refractivity contribution is 0.399. The zero-order valence-corrected chi connectivity index (χ0v) is 2.60. The minimum Gasteiger partial charge on any atom is -0.400 e. The molecule has 3 heteroatoms. The summed E-state index contributed by atoms with van der Waals surface area (Å²) >= 11 is 0. The molecular formula is CH4B2O. The first-order valence-electron chi connectivity index (χ1n) is 0.781. The molecule has 0 aliphatic carbocycles. The Morgan fingerprint density at radius 3 is 1.25 bits per heavy atom. The molecule has 1 N–H and O–H groups in total. The molecule has 0 aliphatic rings. The molecule has 0 atom stereocenters. The van der Waals surface area contributed by atoms with E-state index in [1.54, 1.807) is 0 Å². The third-order valence-corrected chi connectivity index (χ3v) is 0. The second-order valence-corrected chi connectivity index (χ2v) is 0. The third-order valence-electron chi connectivity index (χ3n) is 0. The van der Waals surface area contributed by atoms with Crippen LogP contribution in [0.3, 0.4) is 0 Å². The first-order chi connectivity index (χ1) is 2.00. The van der Waals surface area contributed by atoms with Crippen molar-refractivity contribution in [1.82, 2.24) is 0 Å². The van der Waals surface area contributed by atoms with Crippen LogP contribution in [-0.4, -0.2) is 27.7 Å². The van der Waals surface area contributed by atoms with Crippen LogP contribution in [0.2, 0.25) is 0 Å². The SMILES string of the molecule is CO.[B][B]. The summed E-state index contributed by atoms with van der Waals surface area (Å²) in [6.45, 7) is 0. The Bertz CT molecular complexity index is 6.00. The quantitative estimate of drug-likeness (QED) is 0.346. The molecule has 0 heterocycles. The number of hydrogen-bond donors (Lipinski definition) is 1. The van der Waals surface area contributed by atoms with E-state index >= 15 is 0 Å². The average molecular weight is 53.7 g/mol. The number of aliphatic hydroxyl groups is 1. The van der Waals surface area contributed by atoms with E-state index in [2.05, 4.69) is 15.5 Å². The second kappa shape index (κ2) is 1670. The van der Waals surface area contributed by atoms with Crippen molar-refractivity contribution in [2.45, 2.75) is 0 Å². The Labute approximate surface area is 28.8 Å². The molecule has 4 radical (unpaired) electrons. The van der Waals surface area contributed by atoms with Gasteiger partial charge in [0.25, 0.3) is 0 Å². The van der Waals surface area contributed by atoms with Crippen molar-refractivity contribution < 1.29 is 5.11 Å². The van der Waals surface area contributed by atoms with Crippen LogP contribution in [0.15, 0.2) is 0 Å². The van der Waals surface area contributed by atoms with E-state index in [4.69, 9.17) is 5.11 Å². The Balaban J connectivity index is 0. The molecule has 0 unspecified atom stereocenters. The van der Waals surface area contributed by atoms with Crippen LogP contribution in [0, 0.1) is 0 Å². The largest absolute Gasteiger partial charge is 0.400 e. The number of hydrogen-bond acceptors (Lipinski definition) is 1. The van der Waals surface area contributed by atoms with Gasteiger partial charge in [-0.05, 0) is 0 Å². The first kappa shape index (κ1) is 8.94. The second-order valence-electron chi connectivity index (χ2n) is 0. The van der Waals surface area contributed by atoms with Crippen molar-refractivity contribution >= 4 is 15.5 Å². The van der Waals surface area contributed by atoms with Gasteiger partial charge in [-0.2, -0.15) is 0 Å². The lowest BCUT2D eigenvalue weighted by atomic mass is 9.81. The Morgan fingerprint density at radius 1 is 1.25 bits per heavy atom. The van der Waals surface area contributed by atoms with Crippen LogP contribution >= 0.6 is 0 Å². The van der Waals surface area contributed by atoms with Gasteiger partial charge in [0.05, 0.1) is 0 Å². The van der Waals surface area contributed by atoms with Crippen LogP contribution < -0.4 is 0 Å². The van der Waals surface area contributed by atoms with E-state index in [-0.39, 0.29) is 0 Å². The van der Waals surface area contributed by atoms with Crippen LogP contribution in [0.5, 0.6) is 0 Å². The molecular weight excluding hydrogens is 49.6 g/mol. The van der Waals surface area contributed by atoms with Crippen LogP contribution in [0.4, 0.5) is 0 Å². The van der Waals surface area contributed by atoms with Gasteiger partial charge in [0, 0.05) is 22.6 Å². The summed E-state index contributed by atoms with van der Waals surface area (Å²) in [5.74, 6) is 0. The molecule has 0 saturated heterocycles. The highest BCUT2D eigenvalue weighted by atomic mass is 16.2. The molecule has 0 fully saturated rings. The summed E-state index contributed by atoms with van der Waals surface area (Å²) in [4.78, 5) is 0. The van der Waals surface area contributed by atoms with E-state index in [0.717, 1.165) is 7.11 Å². The van der Waals surface area contributed by atoms with E-state index in [1.807, 2.05) is 0 Å². The van der Waals surface area contributed by atoms with Crippen molar-refractivity contribution in [2.24, 2.45) is 0 Å². The minimum atomic E-state index is 1.00. The molecule has 0 rings (SSSR count). The zero-order chi connectivity index (χ0) is 4.00. The fraction of sp³-hybridized carbons (Fsp3) is 1.00. The van der Waals surface area contributed by atoms with Gasteiger partial charge in [0.1, 0.15) is 0 Å². The summed E-state index contributed by atoms with van der Waals surface area (Å²) in [5.41, 5.74) is 0. The molecule has 20 valence electrons. The van der Waals surface area contributed by atoms with Crippen molar-refractivity contribution in [3.05, 3.63) is 0 Å². The van der Waals surface area contributed by atoms with Crippen molar-refractivity contribution in [3.63, 3.8) is 0 Å². The van der Waals surface area contributed by atoms with Gasteiger partial charge in [-0.1, -0.05) is 0 Å². The molecule has 0 bridgehead atoms. The fourth-order valence-corrected chi connectivity index (χ4v) is 0. The molecule has 0 amide bonds. The maximum absolute atomic E-state index is 7.00. The standard InChI is InChI=1S/CH4O.B2/c2*1-2/h2H,1H3;. The lowest BCUT2D eigenvalue weighted by Crippen LogP contribution is -1.38. The molecule has 0 aliphatic heterocycles. The number of rotatable bonds is 0. The van der Waals surface area contributed by atoms with E-state index < -0.39 is 0 Å². The summed E-state index contributed by atoms with van der Waals surface area (Å²) in [6.07, 6.45) is 0. The third kappa shape index (κ3) is 307. The molecule has 0 aromatic rings. The Kier molecular flexibility index (Phi) is 3730. The minimum absolute atomic E-state index is 1.00. The van der Waals surface area contributed by atoms with Crippen molar-refractivity contribution in [2.75, 3.05) is 7.11 Å². The molecule has 0 aromatic heterocycles. The molecule has 1 nitrogen and oxygen atoms in total. The Morgan fingerprint density at radius 2 is 1.25 bits per heavy atom. The van der Waals surface area contributed by atoms with Gasteiger partial charge in [0.15, 0.2) is 0 Å². The first-order valence-corrected chi connectivity index (χ1v) is 0.781. The summed E-state index contributed by atoms with van der Waals surface area (Å²) in [7, 11) is 9.00. The van der Waals surface area contributed by atoms with E-state index in [1.165, 1.54) is 0 Å². The summed E-state index contributed by atoms with van der Waals surface area (Å²) in [6, 6.07) is 0. The lowest BCUT2D eigenvalue weighted by Gasteiger charge is -1.21. The summed E-state index contributed by atoms with van der Waals surface area (Å²) < 4.78 is 0. The maximum Gasteiger partial charge on any atom is 0.0319 e. The normalized spacial score (nSPS) is 2.50. The molecule has 4 heavy (non-hydrogen) atoms. The van der Waals surface area contributed by atoms with E-state index in [9.17, 15) is 0 Å². The van der Waals surface area contributed by atoms with Gasteiger partial charge in [0.2, 0.25) is 0 Å². The topological polar surface area (TPSA) is 20.2 Å². The van der Waals surface area contributed by atoms with Crippen LogP contribution in [0.25, 0.3) is 0 Å². The molecule has 0 aromatic carbocycles. The number of aliphatic hydroxyl groups excluding tert-OH is 1. The zero-order valence-electron chi connectivity index (χ0n) is 2.60. The monoisotopic (exact) mass is 54.0 g/mol. The Hall–Kier alpha value is 0.0899. The van der Waals surface area contributed by atoms with E-state index in [0.29, 0.717) is 0 Å². The molecule has 0 spiro atoms. The van der Waals surface area contributed by atoms with Crippen molar-refractivity contribution in [3.8, 4) is 0 Å². The predicted molar refractivity (Wildman–Crippen MR) is 19.7 cm³/mol. The van der Waals surface area contributed by atoms with Crippen LogP contribution in [0.1, 0.15) is 0 Å². The van der Waals surface area contributed by atoms with Crippen LogP contribution in [-0.2, 0) is 0 Å². The summed E-state index contributed by atoms with van der Waals surface area (Å²) in [5, 5.41) is 7.00. The van der Waals surface area contributed by atoms with Gasteiger partial charge >= 0.3 is 0 Å².